The number of hydrazone groups is 1. The molecule has 0 unspecified atom stereocenters. The summed E-state index contributed by atoms with van der Waals surface area (Å²) in [5, 5.41) is 7.14. The Labute approximate surface area is 151 Å². The Hall–Kier alpha value is -3.35. The Bertz CT molecular complexity index is 847. The highest BCUT2D eigenvalue weighted by molar-refractivity contribution is 6.01. The second-order valence-corrected chi connectivity index (χ2v) is 5.64. The Morgan fingerprint density at radius 1 is 1.15 bits per heavy atom. The van der Waals surface area contributed by atoms with Crippen LogP contribution < -0.4 is 20.2 Å². The van der Waals surface area contributed by atoms with Crippen LogP contribution in [0.15, 0.2) is 59.7 Å². The molecule has 0 aliphatic carbocycles. The molecule has 0 atom stereocenters. The van der Waals surface area contributed by atoms with Crippen LogP contribution >= 0.6 is 0 Å². The molecule has 1 aromatic heterocycles. The van der Waals surface area contributed by atoms with Crippen LogP contribution in [0.5, 0.6) is 11.5 Å². The lowest BCUT2D eigenvalue weighted by Crippen LogP contribution is -2.32. The van der Waals surface area contributed by atoms with Crippen LogP contribution in [0.3, 0.4) is 0 Å². The lowest BCUT2D eigenvalue weighted by molar-refractivity contribution is -0.119. The molecule has 3 rings (SSSR count). The Morgan fingerprint density at radius 3 is 2.58 bits per heavy atom. The van der Waals surface area contributed by atoms with Crippen LogP contribution in [0.4, 0.5) is 0 Å². The van der Waals surface area contributed by atoms with Gasteiger partial charge in [-0.2, -0.15) is 5.10 Å². The summed E-state index contributed by atoms with van der Waals surface area (Å²) < 4.78 is 10.5. The molecule has 2 heterocycles. The molecule has 1 aliphatic rings. The molecule has 134 valence electrons. The maximum atomic E-state index is 12.3. The van der Waals surface area contributed by atoms with Crippen LogP contribution in [0.2, 0.25) is 0 Å². The first-order chi connectivity index (χ1) is 12.7. The lowest BCUT2D eigenvalue weighted by atomic mass is 10.1. The third-order valence-electron chi connectivity index (χ3n) is 3.91. The summed E-state index contributed by atoms with van der Waals surface area (Å²) in [6, 6.07) is 9.21. The molecule has 2 aromatic rings. The molecule has 0 bridgehead atoms. The molecule has 7 nitrogen and oxygen atoms in total. The fourth-order valence-corrected chi connectivity index (χ4v) is 2.59. The smallest absolute Gasteiger partial charge is 0.229 e. The Kier molecular flexibility index (Phi) is 5.48. The molecule has 0 saturated carbocycles. The van der Waals surface area contributed by atoms with E-state index >= 15 is 0 Å². The Balaban J connectivity index is 1.57. The highest BCUT2D eigenvalue weighted by Crippen LogP contribution is 2.27. The van der Waals surface area contributed by atoms with Gasteiger partial charge in [0, 0.05) is 24.4 Å². The average molecular weight is 352 g/mol. The fraction of sp³-hybridized carbons (Fsp3) is 0.211. The van der Waals surface area contributed by atoms with E-state index in [1.807, 2.05) is 24.3 Å². The fourth-order valence-electron chi connectivity index (χ4n) is 2.59. The quantitative estimate of drug-likeness (QED) is 0.831. The van der Waals surface area contributed by atoms with Gasteiger partial charge in [-0.05, 0) is 35.9 Å². The maximum absolute atomic E-state index is 12.3. The van der Waals surface area contributed by atoms with Crippen molar-refractivity contribution in [2.24, 2.45) is 5.10 Å². The van der Waals surface area contributed by atoms with Crippen molar-refractivity contribution in [2.45, 2.75) is 12.8 Å². The molecule has 1 aliphatic heterocycles. The summed E-state index contributed by atoms with van der Waals surface area (Å²) in [5.74, 6) is 1.66. The van der Waals surface area contributed by atoms with Gasteiger partial charge in [-0.1, -0.05) is 6.07 Å². The number of nitrogens with one attached hydrogen (secondary N) is 2. The van der Waals surface area contributed by atoms with Crippen molar-refractivity contribution in [1.29, 1.82) is 0 Å². The third kappa shape index (κ3) is 4.18. The predicted molar refractivity (Wildman–Crippen MR) is 98.0 cm³/mol. The molecule has 0 saturated heterocycles. The molecule has 0 fully saturated rings. The standard InChI is InChI=1S/C19H20N4O3/c1-25-16-5-3-13(11-17(16)26-2)12-19(24)21-18-6-4-15(22-23-18)14-7-9-20-10-8-14/h3,5-11,23H,4,12H2,1-2H3,(H,21,24). The molecule has 7 heteroatoms. The zero-order chi connectivity index (χ0) is 18.4. The monoisotopic (exact) mass is 352 g/mol. The van der Waals surface area contributed by atoms with E-state index in [4.69, 9.17) is 9.47 Å². The number of rotatable bonds is 6. The summed E-state index contributed by atoms with van der Waals surface area (Å²) in [4.78, 5) is 16.3. The first kappa shape index (κ1) is 17.5. The molecule has 0 spiro atoms. The van der Waals surface area contributed by atoms with Gasteiger partial charge in [0.2, 0.25) is 5.91 Å². The number of nitrogens with zero attached hydrogens (tertiary/aromatic N) is 2. The van der Waals surface area contributed by atoms with Crippen LogP contribution in [0.25, 0.3) is 0 Å². The number of amides is 1. The van der Waals surface area contributed by atoms with Gasteiger partial charge in [0.05, 0.1) is 26.4 Å². The molecular formula is C19H20N4O3. The highest BCUT2D eigenvalue weighted by Gasteiger charge is 2.12. The van der Waals surface area contributed by atoms with Crippen molar-refractivity contribution in [2.75, 3.05) is 14.2 Å². The molecule has 26 heavy (non-hydrogen) atoms. The average Bonchev–Trinajstić information content (AvgIpc) is 2.69. The van der Waals surface area contributed by atoms with Crippen molar-refractivity contribution < 1.29 is 14.3 Å². The largest absolute Gasteiger partial charge is 0.493 e. The predicted octanol–water partition coefficient (Wildman–Crippen LogP) is 2.00. The zero-order valence-corrected chi connectivity index (χ0v) is 14.7. The number of allylic oxidation sites excluding steroid dienone is 1. The van der Waals surface area contributed by atoms with E-state index in [2.05, 4.69) is 20.8 Å². The SMILES string of the molecule is COc1ccc(CC(=O)NC2=CCC(c3ccncc3)=NN2)cc1OC. The van der Waals surface area contributed by atoms with Gasteiger partial charge >= 0.3 is 0 Å². The van der Waals surface area contributed by atoms with Gasteiger partial charge in [0.1, 0.15) is 5.82 Å². The second-order valence-electron chi connectivity index (χ2n) is 5.64. The first-order valence-corrected chi connectivity index (χ1v) is 8.13. The van der Waals surface area contributed by atoms with E-state index in [1.165, 1.54) is 0 Å². The minimum absolute atomic E-state index is 0.140. The minimum atomic E-state index is -0.140. The van der Waals surface area contributed by atoms with E-state index in [0.29, 0.717) is 23.7 Å². The number of carbonyl (C=O) groups is 1. The number of aromatic nitrogens is 1. The van der Waals surface area contributed by atoms with Gasteiger partial charge < -0.3 is 14.8 Å². The van der Waals surface area contributed by atoms with Crippen LogP contribution in [-0.2, 0) is 11.2 Å². The lowest BCUT2D eigenvalue weighted by Gasteiger charge is -2.16. The van der Waals surface area contributed by atoms with Gasteiger partial charge in [-0.15, -0.1) is 0 Å². The van der Waals surface area contributed by atoms with Gasteiger partial charge in [-0.3, -0.25) is 15.2 Å². The summed E-state index contributed by atoms with van der Waals surface area (Å²) in [5.41, 5.74) is 5.60. The van der Waals surface area contributed by atoms with Crippen molar-refractivity contribution >= 4 is 11.6 Å². The number of benzene rings is 1. The van der Waals surface area contributed by atoms with Gasteiger partial charge in [0.25, 0.3) is 0 Å². The normalized spacial score (nSPS) is 13.2. The molecule has 1 amide bonds. The molecule has 2 N–H and O–H groups in total. The van der Waals surface area contributed by atoms with E-state index in [0.717, 1.165) is 16.8 Å². The zero-order valence-electron chi connectivity index (χ0n) is 14.7. The van der Waals surface area contributed by atoms with Gasteiger partial charge in [0.15, 0.2) is 11.5 Å². The van der Waals surface area contributed by atoms with Crippen molar-refractivity contribution in [3.8, 4) is 11.5 Å². The number of ether oxygens (including phenoxy) is 2. The minimum Gasteiger partial charge on any atom is -0.493 e. The highest BCUT2D eigenvalue weighted by atomic mass is 16.5. The summed E-state index contributed by atoms with van der Waals surface area (Å²) >= 11 is 0. The first-order valence-electron chi connectivity index (χ1n) is 8.13. The molecule has 0 radical (unpaired) electrons. The van der Waals surface area contributed by atoms with Crippen LogP contribution in [-0.4, -0.2) is 30.8 Å². The van der Waals surface area contributed by atoms with Crippen LogP contribution in [0.1, 0.15) is 17.5 Å². The maximum Gasteiger partial charge on any atom is 0.229 e. The second kappa shape index (κ2) is 8.15. The van der Waals surface area contributed by atoms with Crippen molar-refractivity contribution in [1.82, 2.24) is 15.7 Å². The Morgan fingerprint density at radius 2 is 1.92 bits per heavy atom. The van der Waals surface area contributed by atoms with E-state index in [9.17, 15) is 4.79 Å². The number of hydrogen-bond donors (Lipinski definition) is 2. The summed E-state index contributed by atoms with van der Waals surface area (Å²) in [7, 11) is 3.14. The van der Waals surface area contributed by atoms with Crippen molar-refractivity contribution in [3.63, 3.8) is 0 Å². The number of methoxy groups -OCH3 is 2. The molecular weight excluding hydrogens is 332 g/mol. The number of carbonyl (C=O) groups excluding carboxylic acids is 1. The van der Waals surface area contributed by atoms with E-state index in [-0.39, 0.29) is 12.3 Å². The number of hydrogen-bond acceptors (Lipinski definition) is 6. The van der Waals surface area contributed by atoms with Crippen LogP contribution in [0, 0.1) is 0 Å². The molecule has 1 aromatic carbocycles. The van der Waals surface area contributed by atoms with Crippen molar-refractivity contribution in [3.05, 3.63) is 65.7 Å². The summed E-state index contributed by atoms with van der Waals surface area (Å²) in [6.07, 6.45) is 6.20. The third-order valence-corrected chi connectivity index (χ3v) is 3.91. The topological polar surface area (TPSA) is 84.8 Å². The number of pyridine rings is 1. The summed E-state index contributed by atoms with van der Waals surface area (Å²) in [6.45, 7) is 0. The van der Waals surface area contributed by atoms with Gasteiger partial charge in [-0.25, -0.2) is 0 Å². The van der Waals surface area contributed by atoms with E-state index < -0.39 is 0 Å². The van der Waals surface area contributed by atoms with E-state index in [1.54, 1.807) is 38.7 Å².